The van der Waals surface area contributed by atoms with E-state index in [1.165, 1.54) is 0 Å². The highest BCUT2D eigenvalue weighted by Crippen LogP contribution is 2.00. The molecule has 0 aliphatic rings. The van der Waals surface area contributed by atoms with Crippen molar-refractivity contribution in [2.45, 2.75) is 46.2 Å². The van der Waals surface area contributed by atoms with Gasteiger partial charge >= 0.3 is 0 Å². The zero-order chi connectivity index (χ0) is 19.2. The molecule has 1 aromatic carbocycles. The van der Waals surface area contributed by atoms with Gasteiger partial charge in [0.2, 0.25) is 5.91 Å². The van der Waals surface area contributed by atoms with Crippen LogP contribution in [-0.2, 0) is 11.3 Å². The largest absolute Gasteiger partial charge is 0.354 e. The number of benzene rings is 1. The van der Waals surface area contributed by atoms with Crippen LogP contribution < -0.4 is 16.0 Å². The van der Waals surface area contributed by atoms with E-state index >= 15 is 0 Å². The van der Waals surface area contributed by atoms with E-state index in [4.69, 9.17) is 0 Å². The summed E-state index contributed by atoms with van der Waals surface area (Å²) in [6, 6.07) is 10.2. The fourth-order valence-electron chi connectivity index (χ4n) is 2.68. The highest BCUT2D eigenvalue weighted by Gasteiger charge is 2.08. The molecule has 0 aromatic heterocycles. The second-order valence-electron chi connectivity index (χ2n) is 6.40. The topological polar surface area (TPSA) is 68.8 Å². The predicted octanol–water partition coefficient (Wildman–Crippen LogP) is 2.60. The highest BCUT2D eigenvalue weighted by atomic mass is 127. The maximum Gasteiger partial charge on any atom is 0.239 e. The van der Waals surface area contributed by atoms with Gasteiger partial charge in [-0.1, -0.05) is 44.2 Å². The van der Waals surface area contributed by atoms with E-state index in [0.717, 1.165) is 38.0 Å². The van der Waals surface area contributed by atoms with Crippen LogP contribution in [0.2, 0.25) is 0 Å². The zero-order valence-corrected chi connectivity index (χ0v) is 19.5. The molecule has 0 aliphatic carbocycles. The van der Waals surface area contributed by atoms with Crippen LogP contribution in [0.3, 0.4) is 0 Å². The number of guanidine groups is 1. The molecule has 0 fully saturated rings. The number of nitrogens with one attached hydrogen (secondary N) is 3. The summed E-state index contributed by atoms with van der Waals surface area (Å²) >= 11 is 0. The lowest BCUT2D eigenvalue weighted by Gasteiger charge is -2.21. The molecule has 1 amide bonds. The van der Waals surface area contributed by atoms with Crippen molar-refractivity contribution < 1.29 is 4.79 Å². The Hall–Kier alpha value is -1.35. The summed E-state index contributed by atoms with van der Waals surface area (Å²) in [5, 5.41) is 9.32. The summed E-state index contributed by atoms with van der Waals surface area (Å²) in [4.78, 5) is 18.6. The van der Waals surface area contributed by atoms with Gasteiger partial charge < -0.3 is 20.9 Å². The molecule has 1 atom stereocenters. The minimum absolute atomic E-state index is 0. The van der Waals surface area contributed by atoms with Crippen LogP contribution in [0.4, 0.5) is 0 Å². The van der Waals surface area contributed by atoms with Crippen molar-refractivity contribution in [1.29, 1.82) is 0 Å². The molecule has 0 radical (unpaired) electrons. The molecular weight excluding hydrogens is 453 g/mol. The van der Waals surface area contributed by atoms with E-state index in [2.05, 4.69) is 46.6 Å². The van der Waals surface area contributed by atoms with Crippen molar-refractivity contribution in [2.24, 2.45) is 4.99 Å². The quantitative estimate of drug-likeness (QED) is 0.254. The number of rotatable bonds is 11. The first-order valence-corrected chi connectivity index (χ1v) is 9.59. The molecule has 6 nitrogen and oxygen atoms in total. The van der Waals surface area contributed by atoms with E-state index in [9.17, 15) is 4.79 Å². The first-order valence-electron chi connectivity index (χ1n) is 9.59. The van der Waals surface area contributed by atoms with Gasteiger partial charge in [0.1, 0.15) is 0 Å². The van der Waals surface area contributed by atoms with E-state index < -0.39 is 0 Å². The average molecular weight is 489 g/mol. The molecule has 7 heteroatoms. The lowest BCUT2D eigenvalue weighted by atomic mass is 10.2. The molecule has 1 unspecified atom stereocenters. The van der Waals surface area contributed by atoms with Crippen LogP contribution in [0.25, 0.3) is 0 Å². The summed E-state index contributed by atoms with van der Waals surface area (Å²) in [7, 11) is 1.72. The van der Waals surface area contributed by atoms with Crippen molar-refractivity contribution in [3.63, 3.8) is 0 Å². The average Bonchev–Trinajstić information content (AvgIpc) is 2.67. The molecule has 1 rings (SSSR count). The first kappa shape index (κ1) is 25.6. The third-order valence-electron chi connectivity index (χ3n) is 4.36. The van der Waals surface area contributed by atoms with Crippen molar-refractivity contribution >= 4 is 35.8 Å². The van der Waals surface area contributed by atoms with E-state index in [1.807, 2.05) is 30.3 Å². The van der Waals surface area contributed by atoms with Gasteiger partial charge in [-0.05, 0) is 45.0 Å². The summed E-state index contributed by atoms with van der Waals surface area (Å²) < 4.78 is 0. The molecule has 0 heterocycles. The Kier molecular flexibility index (Phi) is 14.9. The molecule has 0 aliphatic heterocycles. The summed E-state index contributed by atoms with van der Waals surface area (Å²) in [5.41, 5.74) is 1.09. The number of carbonyl (C=O) groups excluding carboxylic acids is 1. The van der Waals surface area contributed by atoms with Gasteiger partial charge in [-0.3, -0.25) is 9.79 Å². The van der Waals surface area contributed by atoms with E-state index in [-0.39, 0.29) is 36.4 Å². The Morgan fingerprint density at radius 3 is 2.41 bits per heavy atom. The first-order chi connectivity index (χ1) is 12.6. The van der Waals surface area contributed by atoms with Gasteiger partial charge in [0.15, 0.2) is 5.96 Å². The number of halogens is 1. The van der Waals surface area contributed by atoms with Crippen LogP contribution in [-0.4, -0.2) is 56.0 Å². The Balaban J connectivity index is 0.00000676. The second-order valence-corrected chi connectivity index (χ2v) is 6.40. The lowest BCUT2D eigenvalue weighted by Crippen LogP contribution is -2.46. The van der Waals surface area contributed by atoms with E-state index in [0.29, 0.717) is 18.5 Å². The van der Waals surface area contributed by atoms with Crippen LogP contribution in [0.1, 0.15) is 39.2 Å². The third kappa shape index (κ3) is 11.9. The number of carbonyl (C=O) groups is 1. The Labute approximate surface area is 181 Å². The SMILES string of the molecule is CCN(CC)CCCC(C)NC(=NC)NCC(=O)NCc1ccccc1.I. The number of aliphatic imine (C=N–C) groups is 1. The fourth-order valence-corrected chi connectivity index (χ4v) is 2.68. The van der Waals surface area contributed by atoms with Gasteiger partial charge in [-0.25, -0.2) is 0 Å². The fraction of sp³-hybridized carbons (Fsp3) is 0.600. The summed E-state index contributed by atoms with van der Waals surface area (Å²) in [6.07, 6.45) is 2.21. The number of hydrogen-bond acceptors (Lipinski definition) is 3. The van der Waals surface area contributed by atoms with Gasteiger partial charge in [0, 0.05) is 19.6 Å². The second kappa shape index (κ2) is 15.7. The molecule has 1 aromatic rings. The molecule has 154 valence electrons. The monoisotopic (exact) mass is 489 g/mol. The molecule has 0 bridgehead atoms. The molecule has 3 N–H and O–H groups in total. The molecule has 0 spiro atoms. The minimum atomic E-state index is -0.0500. The Morgan fingerprint density at radius 2 is 1.81 bits per heavy atom. The van der Waals surface area contributed by atoms with Gasteiger partial charge in [-0.2, -0.15) is 0 Å². The number of hydrogen-bond donors (Lipinski definition) is 3. The lowest BCUT2D eigenvalue weighted by molar-refractivity contribution is -0.120. The number of amides is 1. The van der Waals surface area contributed by atoms with Crippen molar-refractivity contribution in [1.82, 2.24) is 20.9 Å². The van der Waals surface area contributed by atoms with Crippen LogP contribution in [0.5, 0.6) is 0 Å². The van der Waals surface area contributed by atoms with E-state index in [1.54, 1.807) is 7.05 Å². The van der Waals surface area contributed by atoms with Gasteiger partial charge in [0.05, 0.1) is 6.54 Å². The highest BCUT2D eigenvalue weighted by molar-refractivity contribution is 14.0. The molecule has 0 saturated carbocycles. The summed E-state index contributed by atoms with van der Waals surface area (Å²) in [6.45, 7) is 10.6. The van der Waals surface area contributed by atoms with Crippen molar-refractivity contribution in [3.05, 3.63) is 35.9 Å². The van der Waals surface area contributed by atoms with Gasteiger partial charge in [0.25, 0.3) is 0 Å². The Bertz CT molecular complexity index is 534. The molecule has 27 heavy (non-hydrogen) atoms. The maximum absolute atomic E-state index is 12.0. The normalized spacial score (nSPS) is 12.3. The van der Waals surface area contributed by atoms with Crippen molar-refractivity contribution in [3.8, 4) is 0 Å². The van der Waals surface area contributed by atoms with Crippen LogP contribution >= 0.6 is 24.0 Å². The maximum atomic E-state index is 12.0. The standard InChI is InChI=1S/C20H35N5O.HI/c1-5-25(6-2)14-10-11-17(3)24-20(21-4)23-16-19(26)22-15-18-12-8-7-9-13-18;/h7-9,12-13,17H,5-6,10-11,14-16H2,1-4H3,(H,22,26)(H2,21,23,24);1H. The molecular formula is C20H36IN5O. The van der Waals surface area contributed by atoms with Crippen molar-refractivity contribution in [2.75, 3.05) is 33.2 Å². The predicted molar refractivity (Wildman–Crippen MR) is 125 cm³/mol. The van der Waals surface area contributed by atoms with Gasteiger partial charge in [-0.15, -0.1) is 24.0 Å². The minimum Gasteiger partial charge on any atom is -0.354 e. The van der Waals surface area contributed by atoms with Crippen LogP contribution in [0.15, 0.2) is 35.3 Å². The zero-order valence-electron chi connectivity index (χ0n) is 17.1. The van der Waals surface area contributed by atoms with Crippen LogP contribution in [0, 0.1) is 0 Å². The third-order valence-corrected chi connectivity index (χ3v) is 4.36. The number of nitrogens with zero attached hydrogens (tertiary/aromatic N) is 2. The smallest absolute Gasteiger partial charge is 0.239 e. The Morgan fingerprint density at radius 1 is 1.15 bits per heavy atom. The molecule has 0 saturated heterocycles. The summed E-state index contributed by atoms with van der Waals surface area (Å²) in [5.74, 6) is 0.612.